The third kappa shape index (κ3) is 2.17. The summed E-state index contributed by atoms with van der Waals surface area (Å²) in [6.45, 7) is 0. The first-order chi connectivity index (χ1) is 8.50. The predicted octanol–water partition coefficient (Wildman–Crippen LogP) is 1.22. The van der Waals surface area contributed by atoms with Gasteiger partial charge in [-0.1, -0.05) is 12.1 Å². The van der Waals surface area contributed by atoms with Crippen molar-refractivity contribution >= 4 is 22.6 Å². The largest absolute Gasteiger partial charge is 0.479 e. The number of aromatic nitrogens is 1. The molecule has 0 spiro atoms. The van der Waals surface area contributed by atoms with Gasteiger partial charge in [0, 0.05) is 32.1 Å². The fourth-order valence-corrected chi connectivity index (χ4v) is 2.03. The van der Waals surface area contributed by atoms with E-state index in [4.69, 9.17) is 5.11 Å². The van der Waals surface area contributed by atoms with E-state index in [1.54, 1.807) is 6.20 Å². The summed E-state index contributed by atoms with van der Waals surface area (Å²) in [5.41, 5.74) is 2.79. The minimum absolute atomic E-state index is 0.103. The molecule has 0 aliphatic rings. The monoisotopic (exact) mass is 248 g/mol. The van der Waals surface area contributed by atoms with Crippen LogP contribution in [0.3, 0.4) is 0 Å². The molecule has 0 fully saturated rings. The standard InChI is InChI=1S/C13H16N2O3/c1-15(2)10-5-3-4-9-8(7-14-12(9)10)6-11(16)13(17)18/h3-5,7,11,14,16H,6H2,1-2H3,(H,17,18)/t11-/m0/s1. The highest BCUT2D eigenvalue weighted by Crippen LogP contribution is 2.27. The second kappa shape index (κ2) is 4.70. The highest BCUT2D eigenvalue weighted by atomic mass is 16.4. The number of nitrogens with one attached hydrogen (secondary N) is 1. The van der Waals surface area contributed by atoms with E-state index in [9.17, 15) is 9.90 Å². The van der Waals surface area contributed by atoms with Crippen LogP contribution in [0.25, 0.3) is 10.9 Å². The number of fused-ring (bicyclic) bond motifs is 1. The molecule has 5 nitrogen and oxygen atoms in total. The lowest BCUT2D eigenvalue weighted by Gasteiger charge is -2.13. The Morgan fingerprint density at radius 3 is 2.78 bits per heavy atom. The number of benzene rings is 1. The molecule has 0 saturated carbocycles. The van der Waals surface area contributed by atoms with Crippen molar-refractivity contribution in [2.75, 3.05) is 19.0 Å². The zero-order valence-corrected chi connectivity index (χ0v) is 10.3. The van der Waals surface area contributed by atoms with Crippen LogP contribution in [0, 0.1) is 0 Å². The van der Waals surface area contributed by atoms with Crippen molar-refractivity contribution in [3.63, 3.8) is 0 Å². The minimum Gasteiger partial charge on any atom is -0.479 e. The lowest BCUT2D eigenvalue weighted by molar-refractivity contribution is -0.146. The molecular weight excluding hydrogens is 232 g/mol. The number of aliphatic hydroxyl groups excluding tert-OH is 1. The lowest BCUT2D eigenvalue weighted by atomic mass is 10.1. The predicted molar refractivity (Wildman–Crippen MR) is 70.0 cm³/mol. The molecule has 0 unspecified atom stereocenters. The number of para-hydroxylation sites is 1. The van der Waals surface area contributed by atoms with Crippen LogP contribution in [0.5, 0.6) is 0 Å². The molecule has 1 aromatic carbocycles. The van der Waals surface area contributed by atoms with Gasteiger partial charge in [-0.3, -0.25) is 0 Å². The van der Waals surface area contributed by atoms with E-state index in [-0.39, 0.29) is 6.42 Å². The van der Waals surface area contributed by atoms with Crippen molar-refractivity contribution in [1.29, 1.82) is 0 Å². The maximum Gasteiger partial charge on any atom is 0.332 e. The first-order valence-electron chi connectivity index (χ1n) is 5.68. The number of aliphatic carboxylic acids is 1. The number of hydrogen-bond acceptors (Lipinski definition) is 3. The molecule has 5 heteroatoms. The molecular formula is C13H16N2O3. The summed E-state index contributed by atoms with van der Waals surface area (Å²) < 4.78 is 0. The van der Waals surface area contributed by atoms with E-state index in [1.807, 2.05) is 37.2 Å². The minimum atomic E-state index is -1.37. The normalized spacial score (nSPS) is 12.6. The number of carbonyl (C=O) groups is 1. The number of H-pyrrole nitrogens is 1. The van der Waals surface area contributed by atoms with Crippen LogP contribution < -0.4 is 4.90 Å². The SMILES string of the molecule is CN(C)c1cccc2c(C[C@H](O)C(=O)O)c[nH]c12. The Morgan fingerprint density at radius 1 is 1.44 bits per heavy atom. The first-order valence-corrected chi connectivity index (χ1v) is 5.68. The highest BCUT2D eigenvalue weighted by Gasteiger charge is 2.17. The Morgan fingerprint density at radius 2 is 2.17 bits per heavy atom. The third-order valence-corrected chi connectivity index (χ3v) is 2.96. The third-order valence-electron chi connectivity index (χ3n) is 2.96. The van der Waals surface area contributed by atoms with Crippen LogP contribution >= 0.6 is 0 Å². The number of aromatic amines is 1. The summed E-state index contributed by atoms with van der Waals surface area (Å²) in [4.78, 5) is 15.8. The molecule has 2 rings (SSSR count). The van der Waals surface area contributed by atoms with Crippen molar-refractivity contribution in [2.24, 2.45) is 0 Å². The fraction of sp³-hybridized carbons (Fsp3) is 0.308. The zero-order valence-electron chi connectivity index (χ0n) is 10.3. The fourth-order valence-electron chi connectivity index (χ4n) is 2.03. The maximum absolute atomic E-state index is 10.7. The second-order valence-corrected chi connectivity index (χ2v) is 4.47. The van der Waals surface area contributed by atoms with E-state index >= 15 is 0 Å². The Bertz CT molecular complexity index is 575. The Balaban J connectivity index is 2.43. The van der Waals surface area contributed by atoms with Crippen LogP contribution in [0.15, 0.2) is 24.4 Å². The lowest BCUT2D eigenvalue weighted by Crippen LogP contribution is -2.21. The number of rotatable bonds is 4. The Labute approximate surface area is 105 Å². The van der Waals surface area contributed by atoms with Gasteiger partial charge in [0.1, 0.15) is 0 Å². The number of carboxylic acids is 1. The molecule has 96 valence electrons. The van der Waals surface area contributed by atoms with Crippen molar-refractivity contribution < 1.29 is 15.0 Å². The summed E-state index contributed by atoms with van der Waals surface area (Å²) in [5, 5.41) is 19.1. The van der Waals surface area contributed by atoms with E-state index in [2.05, 4.69) is 4.98 Å². The Kier molecular flexibility index (Phi) is 3.25. The van der Waals surface area contributed by atoms with Gasteiger partial charge in [-0.2, -0.15) is 0 Å². The van der Waals surface area contributed by atoms with Crippen LogP contribution in [-0.4, -0.2) is 41.4 Å². The van der Waals surface area contributed by atoms with E-state index < -0.39 is 12.1 Å². The van der Waals surface area contributed by atoms with Gasteiger partial charge in [-0.05, 0) is 11.6 Å². The van der Waals surface area contributed by atoms with E-state index in [0.29, 0.717) is 0 Å². The smallest absolute Gasteiger partial charge is 0.332 e. The quantitative estimate of drug-likeness (QED) is 0.760. The highest BCUT2D eigenvalue weighted by molar-refractivity contribution is 5.94. The van der Waals surface area contributed by atoms with Gasteiger partial charge >= 0.3 is 5.97 Å². The molecule has 1 atom stereocenters. The molecule has 1 aromatic heterocycles. The molecule has 3 N–H and O–H groups in total. The average Bonchev–Trinajstić information content (AvgIpc) is 2.72. The molecule has 0 radical (unpaired) electrons. The van der Waals surface area contributed by atoms with Gasteiger partial charge in [0.15, 0.2) is 6.10 Å². The summed E-state index contributed by atoms with van der Waals surface area (Å²) >= 11 is 0. The number of carboxylic acid groups (broad SMARTS) is 1. The maximum atomic E-state index is 10.7. The van der Waals surface area contributed by atoms with E-state index in [0.717, 1.165) is 22.2 Å². The van der Waals surface area contributed by atoms with Crippen LogP contribution in [0.4, 0.5) is 5.69 Å². The number of nitrogens with zero attached hydrogens (tertiary/aromatic N) is 1. The summed E-state index contributed by atoms with van der Waals surface area (Å²) in [5.74, 6) is -1.20. The van der Waals surface area contributed by atoms with Gasteiger partial charge in [-0.25, -0.2) is 4.79 Å². The van der Waals surface area contributed by atoms with Crippen molar-refractivity contribution in [1.82, 2.24) is 4.98 Å². The summed E-state index contributed by atoms with van der Waals surface area (Å²) in [6.07, 6.45) is 0.489. The second-order valence-electron chi connectivity index (χ2n) is 4.47. The molecule has 18 heavy (non-hydrogen) atoms. The van der Waals surface area contributed by atoms with Crippen molar-refractivity contribution in [3.05, 3.63) is 30.0 Å². The molecule has 0 aliphatic carbocycles. The van der Waals surface area contributed by atoms with Gasteiger partial charge < -0.3 is 20.1 Å². The number of hydrogen-bond donors (Lipinski definition) is 3. The molecule has 0 amide bonds. The van der Waals surface area contributed by atoms with Gasteiger partial charge in [0.05, 0.1) is 11.2 Å². The first kappa shape index (κ1) is 12.4. The van der Waals surface area contributed by atoms with Crippen LogP contribution in [0.2, 0.25) is 0 Å². The molecule has 0 bridgehead atoms. The van der Waals surface area contributed by atoms with Crippen LogP contribution in [-0.2, 0) is 11.2 Å². The Hall–Kier alpha value is -2.01. The van der Waals surface area contributed by atoms with Gasteiger partial charge in [0.2, 0.25) is 0 Å². The molecule has 2 aromatic rings. The number of anilines is 1. The number of aliphatic hydroxyl groups is 1. The van der Waals surface area contributed by atoms with Crippen molar-refractivity contribution in [2.45, 2.75) is 12.5 Å². The average molecular weight is 248 g/mol. The molecule has 0 aliphatic heterocycles. The molecule has 1 heterocycles. The summed E-state index contributed by atoms with van der Waals surface area (Å²) in [7, 11) is 3.89. The van der Waals surface area contributed by atoms with Crippen molar-refractivity contribution in [3.8, 4) is 0 Å². The van der Waals surface area contributed by atoms with Gasteiger partial charge in [-0.15, -0.1) is 0 Å². The van der Waals surface area contributed by atoms with E-state index in [1.165, 1.54) is 0 Å². The van der Waals surface area contributed by atoms with Crippen LogP contribution in [0.1, 0.15) is 5.56 Å². The van der Waals surface area contributed by atoms with Gasteiger partial charge in [0.25, 0.3) is 0 Å². The zero-order chi connectivity index (χ0) is 13.3. The molecule has 0 saturated heterocycles. The topological polar surface area (TPSA) is 76.6 Å². The summed E-state index contributed by atoms with van der Waals surface area (Å²) in [6, 6.07) is 5.82.